The lowest BCUT2D eigenvalue weighted by molar-refractivity contribution is 0.954. The molecule has 0 saturated carbocycles. The van der Waals surface area contributed by atoms with Gasteiger partial charge in [0.25, 0.3) is 0 Å². The number of hydrogen-bond donors (Lipinski definition) is 0. The Morgan fingerprint density at radius 2 is 1.71 bits per heavy atom. The van der Waals surface area contributed by atoms with Crippen LogP contribution in [0.5, 0.6) is 0 Å². The van der Waals surface area contributed by atoms with Crippen LogP contribution in [-0.4, -0.2) is 12.4 Å². The Morgan fingerprint density at radius 1 is 1.57 bits per heavy atom. The summed E-state index contributed by atoms with van der Waals surface area (Å²) >= 11 is 2.32. The Balaban J connectivity index is 3.54. The fourth-order valence-corrected chi connectivity index (χ4v) is 0. The molecule has 0 saturated heterocycles. The Hall–Kier alpha value is 0.860. The zero-order valence-electron chi connectivity index (χ0n) is 5.03. The van der Waals surface area contributed by atoms with Crippen LogP contribution in [0.2, 0.25) is 12.0 Å². The van der Waals surface area contributed by atoms with Crippen LogP contribution in [0.25, 0.3) is 0 Å². The molecule has 0 rings (SSSR count). The first-order valence-electron chi connectivity index (χ1n) is 2.37. The van der Waals surface area contributed by atoms with E-state index in [2.05, 4.69) is 29.2 Å². The predicted molar refractivity (Wildman–Crippen MR) is 45.4 cm³/mol. The molecule has 3 heteroatoms. The molecule has 0 heterocycles. The Labute approximate surface area is 60.8 Å². The maximum absolute atomic E-state index is 5.67. The van der Waals surface area contributed by atoms with E-state index >= 15 is 0 Å². The van der Waals surface area contributed by atoms with Gasteiger partial charge in [0.2, 0.25) is 4.57 Å². The second-order valence-electron chi connectivity index (χ2n) is 2.44. The van der Waals surface area contributed by atoms with E-state index in [1.54, 1.807) is 0 Å². The molecule has 0 aliphatic heterocycles. The van der Waals surface area contributed by atoms with Crippen molar-refractivity contribution in [2.24, 2.45) is 0 Å². The molecule has 0 bridgehead atoms. The van der Waals surface area contributed by atoms with Crippen molar-refractivity contribution in [2.75, 3.05) is 0 Å². The summed E-state index contributed by atoms with van der Waals surface area (Å²) in [6.45, 7) is 6.18. The third kappa shape index (κ3) is 3.44. The quantitative estimate of drug-likeness (QED) is 0.454. The lowest BCUT2D eigenvalue weighted by Crippen LogP contribution is -2.17. The molecule has 0 aromatic heterocycles. The molecular weight excluding hydrogens is 197 g/mol. The number of rotatable bonds is 1. The standard InChI is InChI=1S/C4H9B2I/c1-4(2,5)6(3)7/h1-3H3. The third-order valence-corrected chi connectivity index (χ3v) is 2.63. The Morgan fingerprint density at radius 3 is 1.71 bits per heavy atom. The minimum absolute atomic E-state index is 0.0133. The highest BCUT2D eigenvalue weighted by atomic mass is 127. The van der Waals surface area contributed by atoms with Gasteiger partial charge in [-0.2, -0.15) is 22.4 Å². The van der Waals surface area contributed by atoms with Crippen molar-refractivity contribution in [2.45, 2.75) is 25.9 Å². The molecule has 0 fully saturated rings. The highest BCUT2D eigenvalue weighted by Gasteiger charge is 2.19. The largest absolute Gasteiger partial charge is 0.211 e. The molecule has 0 aromatic carbocycles. The van der Waals surface area contributed by atoms with E-state index in [0.29, 0.717) is 4.57 Å². The van der Waals surface area contributed by atoms with E-state index in [9.17, 15) is 0 Å². The molecule has 38 valence electrons. The fraction of sp³-hybridized carbons (Fsp3) is 1.00. The van der Waals surface area contributed by atoms with Crippen LogP contribution >= 0.6 is 22.4 Å². The van der Waals surface area contributed by atoms with Gasteiger partial charge in [-0.25, -0.2) is 0 Å². The van der Waals surface area contributed by atoms with Gasteiger partial charge < -0.3 is 0 Å². The molecule has 0 aliphatic rings. The Bertz CT molecular complexity index is 55.2. The van der Waals surface area contributed by atoms with Crippen LogP contribution in [0.1, 0.15) is 13.8 Å². The first kappa shape index (κ1) is 7.86. The molecule has 2 radical (unpaired) electrons. The summed E-state index contributed by atoms with van der Waals surface area (Å²) < 4.78 is 0.546. The summed E-state index contributed by atoms with van der Waals surface area (Å²) in [5, 5.41) is -0.0133. The first-order valence-corrected chi connectivity index (χ1v) is 3.62. The highest BCUT2D eigenvalue weighted by Crippen LogP contribution is 2.26. The van der Waals surface area contributed by atoms with E-state index in [-0.39, 0.29) is 5.21 Å². The molecule has 0 spiro atoms. The summed E-state index contributed by atoms with van der Waals surface area (Å²) in [5.41, 5.74) is 0. The van der Waals surface area contributed by atoms with Crippen molar-refractivity contribution in [3.63, 3.8) is 0 Å². The molecule has 0 aromatic rings. The molecule has 0 atom stereocenters. The van der Waals surface area contributed by atoms with Gasteiger partial charge in [0, 0.05) is 0 Å². The monoisotopic (exact) mass is 206 g/mol. The second-order valence-corrected chi connectivity index (χ2v) is 4.31. The van der Waals surface area contributed by atoms with E-state index in [1.807, 2.05) is 13.8 Å². The van der Waals surface area contributed by atoms with Crippen molar-refractivity contribution < 1.29 is 0 Å². The predicted octanol–water partition coefficient (Wildman–Crippen LogP) is 1.95. The first-order chi connectivity index (χ1) is 2.94. The molecule has 0 unspecified atom stereocenters. The van der Waals surface area contributed by atoms with Crippen molar-refractivity contribution in [3.8, 4) is 0 Å². The van der Waals surface area contributed by atoms with Crippen LogP contribution in [0.15, 0.2) is 0 Å². The molecular formula is C4H9B2I. The molecule has 0 amide bonds. The summed E-state index contributed by atoms with van der Waals surface area (Å²) in [7, 11) is 5.67. The highest BCUT2D eigenvalue weighted by molar-refractivity contribution is 14.1. The zero-order valence-corrected chi connectivity index (χ0v) is 7.19. The van der Waals surface area contributed by atoms with E-state index in [4.69, 9.17) is 7.85 Å². The van der Waals surface area contributed by atoms with Crippen LogP contribution in [0.3, 0.4) is 0 Å². The summed E-state index contributed by atoms with van der Waals surface area (Å²) in [4.78, 5) is 0. The molecule has 7 heavy (non-hydrogen) atoms. The summed E-state index contributed by atoms with van der Waals surface area (Å²) in [6.07, 6.45) is 0. The fourth-order valence-electron chi connectivity index (χ4n) is 0. The van der Waals surface area contributed by atoms with Gasteiger partial charge in [0.1, 0.15) is 0 Å². The van der Waals surface area contributed by atoms with Crippen LogP contribution in [0, 0.1) is 0 Å². The minimum Gasteiger partial charge on any atom is -0.150 e. The molecule has 0 N–H and O–H groups in total. The van der Waals surface area contributed by atoms with Crippen molar-refractivity contribution in [3.05, 3.63) is 0 Å². The smallest absolute Gasteiger partial charge is 0.150 e. The third-order valence-electron chi connectivity index (χ3n) is 1.03. The van der Waals surface area contributed by atoms with Crippen LogP contribution < -0.4 is 0 Å². The van der Waals surface area contributed by atoms with E-state index in [0.717, 1.165) is 0 Å². The lowest BCUT2D eigenvalue weighted by Gasteiger charge is -2.18. The van der Waals surface area contributed by atoms with E-state index < -0.39 is 0 Å². The molecule has 0 nitrogen and oxygen atoms in total. The van der Waals surface area contributed by atoms with Gasteiger partial charge in [-0.05, 0) is 0 Å². The number of hydrogen-bond acceptors (Lipinski definition) is 0. The zero-order chi connectivity index (χ0) is 6.08. The lowest BCUT2D eigenvalue weighted by atomic mass is 9.45. The topological polar surface area (TPSA) is 0 Å². The van der Waals surface area contributed by atoms with Gasteiger partial charge in [0.05, 0.1) is 7.85 Å². The SMILES string of the molecule is [B]C(C)(C)B(C)I. The second kappa shape index (κ2) is 2.42. The van der Waals surface area contributed by atoms with Gasteiger partial charge in [-0.3, -0.25) is 0 Å². The van der Waals surface area contributed by atoms with Crippen LogP contribution in [-0.2, 0) is 0 Å². The van der Waals surface area contributed by atoms with Gasteiger partial charge in [-0.15, -0.1) is 0 Å². The summed E-state index contributed by atoms with van der Waals surface area (Å²) in [6, 6.07) is 0. The van der Waals surface area contributed by atoms with Gasteiger partial charge >= 0.3 is 0 Å². The van der Waals surface area contributed by atoms with E-state index in [1.165, 1.54) is 0 Å². The maximum Gasteiger partial charge on any atom is 0.211 e. The molecule has 0 aliphatic carbocycles. The summed E-state index contributed by atoms with van der Waals surface area (Å²) in [5.74, 6) is 0. The van der Waals surface area contributed by atoms with Gasteiger partial charge in [0.15, 0.2) is 0 Å². The average Bonchev–Trinajstić information content (AvgIpc) is 1.31. The average molecular weight is 206 g/mol. The van der Waals surface area contributed by atoms with Crippen molar-refractivity contribution in [1.29, 1.82) is 0 Å². The van der Waals surface area contributed by atoms with Crippen molar-refractivity contribution >= 4 is 34.8 Å². The number of halogens is 1. The Kier molecular flexibility index (Phi) is 2.72. The van der Waals surface area contributed by atoms with Crippen LogP contribution in [0.4, 0.5) is 0 Å². The maximum atomic E-state index is 5.67. The van der Waals surface area contributed by atoms with Gasteiger partial charge in [-0.1, -0.05) is 25.9 Å². The normalized spacial score (nSPS) is 11.4. The minimum atomic E-state index is -0.0133. The van der Waals surface area contributed by atoms with Crippen molar-refractivity contribution in [1.82, 2.24) is 0 Å².